The van der Waals surface area contributed by atoms with Crippen LogP contribution >= 0.6 is 0 Å². The lowest BCUT2D eigenvalue weighted by atomic mass is 9.83. The summed E-state index contributed by atoms with van der Waals surface area (Å²) in [7, 11) is 3.47. The first-order chi connectivity index (χ1) is 21.3. The van der Waals surface area contributed by atoms with Crippen molar-refractivity contribution in [3.63, 3.8) is 0 Å². The van der Waals surface area contributed by atoms with Gasteiger partial charge in [-0.25, -0.2) is 8.78 Å². The van der Waals surface area contributed by atoms with Crippen molar-refractivity contribution in [2.24, 2.45) is 0 Å². The normalized spacial score (nSPS) is 19.6. The Bertz CT molecular complexity index is 1540. The van der Waals surface area contributed by atoms with Gasteiger partial charge in [0.2, 0.25) is 0 Å². The number of aryl methyl sites for hydroxylation is 1. The molecule has 6 nitrogen and oxygen atoms in total. The number of methoxy groups -OCH3 is 1. The van der Waals surface area contributed by atoms with Crippen molar-refractivity contribution in [2.75, 3.05) is 38.7 Å². The number of hydrogen-bond acceptors (Lipinski definition) is 5. The smallest absolute Gasteiger partial charge is 0.252 e. The molecule has 2 fully saturated rings. The van der Waals surface area contributed by atoms with Crippen LogP contribution in [0.15, 0.2) is 66.2 Å². The number of piperazine rings is 1. The van der Waals surface area contributed by atoms with Gasteiger partial charge in [0.15, 0.2) is 0 Å². The van der Waals surface area contributed by atoms with Gasteiger partial charge in [-0.15, -0.1) is 0 Å². The van der Waals surface area contributed by atoms with Crippen LogP contribution in [-0.2, 0) is 17.8 Å². The summed E-state index contributed by atoms with van der Waals surface area (Å²) in [6, 6.07) is 18.7. The largest absolute Gasteiger partial charge is 0.496 e. The van der Waals surface area contributed by atoms with Crippen LogP contribution in [-0.4, -0.2) is 62.7 Å². The maximum atomic E-state index is 14.5. The lowest BCUT2D eigenvalue weighted by Crippen LogP contribution is -2.60. The zero-order valence-electron chi connectivity index (χ0n) is 25.8. The van der Waals surface area contributed by atoms with E-state index in [1.165, 1.54) is 17.7 Å². The van der Waals surface area contributed by atoms with Gasteiger partial charge in [-0.05, 0) is 85.1 Å². The summed E-state index contributed by atoms with van der Waals surface area (Å²) < 4.78 is 33.4. The zero-order valence-corrected chi connectivity index (χ0v) is 25.8. The monoisotopic (exact) mass is 600 g/mol. The summed E-state index contributed by atoms with van der Waals surface area (Å²) in [4.78, 5) is 18.3. The topological polar surface area (TPSA) is 56.8 Å². The Kier molecular flexibility index (Phi) is 9.01. The third kappa shape index (κ3) is 6.52. The molecule has 2 bridgehead atoms. The molecule has 1 saturated heterocycles. The van der Waals surface area contributed by atoms with Crippen molar-refractivity contribution in [3.05, 3.63) is 100 Å². The maximum absolute atomic E-state index is 14.5. The molecule has 44 heavy (non-hydrogen) atoms. The predicted octanol–water partition coefficient (Wildman–Crippen LogP) is 5.63. The molecule has 0 radical (unpaired) electrons. The highest BCUT2D eigenvalue weighted by Crippen LogP contribution is 2.37. The molecule has 3 aromatic carbocycles. The minimum absolute atomic E-state index is 0.0314. The average Bonchev–Trinajstić information content (AvgIpc) is 3.87. The van der Waals surface area contributed by atoms with Gasteiger partial charge in [0, 0.05) is 56.9 Å². The minimum atomic E-state index is -0.440. The first-order valence-electron chi connectivity index (χ1n) is 15.7. The summed E-state index contributed by atoms with van der Waals surface area (Å²) in [5.74, 6) is 0.111. The number of anilines is 1. The zero-order chi connectivity index (χ0) is 30.8. The highest BCUT2D eigenvalue weighted by molar-refractivity contribution is 6.03. The van der Waals surface area contributed by atoms with E-state index in [1.807, 2.05) is 12.1 Å². The second-order valence-electron chi connectivity index (χ2n) is 12.4. The number of carbonyl (C=O) groups is 1. The number of nitrogens with zero attached hydrogens (tertiary/aromatic N) is 2. The molecule has 2 heterocycles. The molecular formula is C36H42F2N4O2. The summed E-state index contributed by atoms with van der Waals surface area (Å²) >= 11 is 0. The van der Waals surface area contributed by atoms with Crippen LogP contribution in [0.4, 0.5) is 14.5 Å². The summed E-state index contributed by atoms with van der Waals surface area (Å²) in [6.45, 7) is 4.85. The minimum Gasteiger partial charge on any atom is -0.496 e. The molecule has 2 atom stereocenters. The quantitative estimate of drug-likeness (QED) is 0.299. The molecule has 0 unspecified atom stereocenters. The Morgan fingerprint density at radius 3 is 2.59 bits per heavy atom. The van der Waals surface area contributed by atoms with Gasteiger partial charge in [-0.3, -0.25) is 4.79 Å². The molecule has 2 N–H and O–H groups in total. The summed E-state index contributed by atoms with van der Waals surface area (Å²) in [5, 5.41) is 7.25. The Balaban J connectivity index is 1.21. The van der Waals surface area contributed by atoms with Gasteiger partial charge < -0.3 is 25.2 Å². The standard InChI is InChI=1S/C36H42F2N4O2/c1-23-26(7-4-8-34(23)44-3)22-42(29-14-15-29)36(43)35-30(19-28-20-39-21-32(35)40-28)25-11-9-24(10-12-25)6-5-17-41(2)33-18-27(37)13-16-31(33)38/h4,7-13,16,18,28-29,32,39-40H,5-6,14-15,17,19-22H2,1-3H3/t28-,32+/m0/s1. The van der Waals surface area contributed by atoms with E-state index < -0.39 is 11.6 Å². The number of halogens is 2. The highest BCUT2D eigenvalue weighted by atomic mass is 19.1. The van der Waals surface area contributed by atoms with Crippen LogP contribution < -0.4 is 20.3 Å². The predicted molar refractivity (Wildman–Crippen MR) is 171 cm³/mol. The first kappa shape index (κ1) is 30.3. The van der Waals surface area contributed by atoms with Gasteiger partial charge >= 0.3 is 0 Å². The van der Waals surface area contributed by atoms with Gasteiger partial charge in [0.25, 0.3) is 5.91 Å². The van der Waals surface area contributed by atoms with Crippen LogP contribution in [0.25, 0.3) is 5.57 Å². The molecule has 1 aliphatic carbocycles. The molecule has 0 spiro atoms. The van der Waals surface area contributed by atoms with Crippen molar-refractivity contribution < 1.29 is 18.3 Å². The molecule has 3 aromatic rings. The van der Waals surface area contributed by atoms with Gasteiger partial charge in [0.1, 0.15) is 17.4 Å². The first-order valence-corrected chi connectivity index (χ1v) is 15.7. The molecule has 1 saturated carbocycles. The fourth-order valence-corrected chi connectivity index (χ4v) is 6.67. The molecule has 6 rings (SSSR count). The van der Waals surface area contributed by atoms with E-state index in [1.54, 1.807) is 19.1 Å². The Labute approximate surface area is 259 Å². The van der Waals surface area contributed by atoms with E-state index in [-0.39, 0.29) is 29.7 Å². The van der Waals surface area contributed by atoms with Crippen LogP contribution in [0, 0.1) is 18.6 Å². The van der Waals surface area contributed by atoms with Gasteiger partial charge in [-0.1, -0.05) is 36.4 Å². The third-order valence-electron chi connectivity index (χ3n) is 9.32. The maximum Gasteiger partial charge on any atom is 0.252 e. The number of hydrogen-bond donors (Lipinski definition) is 2. The molecular weight excluding hydrogens is 558 g/mol. The Hall–Kier alpha value is -3.75. The number of ether oxygens (including phenoxy) is 1. The van der Waals surface area contributed by atoms with E-state index in [9.17, 15) is 13.6 Å². The highest BCUT2D eigenvalue weighted by Gasteiger charge is 2.41. The van der Waals surface area contributed by atoms with E-state index in [4.69, 9.17) is 4.74 Å². The Morgan fingerprint density at radius 2 is 1.84 bits per heavy atom. The number of benzene rings is 3. The van der Waals surface area contributed by atoms with E-state index in [0.717, 1.165) is 84.8 Å². The van der Waals surface area contributed by atoms with Gasteiger partial charge in [-0.2, -0.15) is 0 Å². The molecule has 0 aromatic heterocycles. The molecule has 3 aliphatic rings. The lowest BCUT2D eigenvalue weighted by molar-refractivity contribution is -0.128. The molecule has 2 aliphatic heterocycles. The van der Waals surface area contributed by atoms with E-state index >= 15 is 0 Å². The molecule has 232 valence electrons. The number of amides is 1. The van der Waals surface area contributed by atoms with Gasteiger partial charge in [0.05, 0.1) is 18.8 Å². The van der Waals surface area contributed by atoms with Crippen LogP contribution in [0.1, 0.15) is 47.9 Å². The summed E-state index contributed by atoms with van der Waals surface area (Å²) in [5.41, 5.74) is 6.77. The van der Waals surface area contributed by atoms with Crippen LogP contribution in [0.5, 0.6) is 5.75 Å². The van der Waals surface area contributed by atoms with Crippen LogP contribution in [0.3, 0.4) is 0 Å². The molecule has 8 heteroatoms. The second kappa shape index (κ2) is 13.1. The number of rotatable bonds is 11. The van der Waals surface area contributed by atoms with E-state index in [0.29, 0.717) is 13.1 Å². The Morgan fingerprint density at radius 1 is 1.05 bits per heavy atom. The van der Waals surface area contributed by atoms with Crippen molar-refractivity contribution in [1.82, 2.24) is 15.5 Å². The fraction of sp³-hybridized carbons (Fsp3) is 0.417. The van der Waals surface area contributed by atoms with Crippen LogP contribution in [0.2, 0.25) is 0 Å². The van der Waals surface area contributed by atoms with Crippen molar-refractivity contribution in [3.8, 4) is 5.75 Å². The lowest BCUT2D eigenvalue weighted by Gasteiger charge is -2.41. The SMILES string of the molecule is COc1cccc(CN(C(=O)C2=C(c3ccc(CCCN(C)c4cc(F)ccc4F)cc3)C[C@H]3CNC[C@H]2N3)C2CC2)c1C. The second-order valence-corrected chi connectivity index (χ2v) is 12.4. The number of fused-ring (bicyclic) bond motifs is 2. The summed E-state index contributed by atoms with van der Waals surface area (Å²) in [6.07, 6.45) is 4.49. The van der Waals surface area contributed by atoms with E-state index in [2.05, 4.69) is 52.8 Å². The van der Waals surface area contributed by atoms with Crippen molar-refractivity contribution in [2.45, 2.75) is 63.7 Å². The third-order valence-corrected chi connectivity index (χ3v) is 9.32. The molecule has 1 amide bonds. The fourth-order valence-electron chi connectivity index (χ4n) is 6.67. The van der Waals surface area contributed by atoms with Crippen molar-refractivity contribution >= 4 is 17.2 Å². The van der Waals surface area contributed by atoms with Crippen molar-refractivity contribution in [1.29, 1.82) is 0 Å². The number of nitrogens with one attached hydrogen (secondary N) is 2. The number of carbonyl (C=O) groups excluding carboxylic acids is 1. The average molecular weight is 601 g/mol.